The summed E-state index contributed by atoms with van der Waals surface area (Å²) in [5.41, 5.74) is -1.61. The van der Waals surface area contributed by atoms with E-state index in [0.29, 0.717) is 0 Å². The van der Waals surface area contributed by atoms with Crippen molar-refractivity contribution in [2.24, 2.45) is 0 Å². The van der Waals surface area contributed by atoms with Crippen LogP contribution in [-0.4, -0.2) is 44.5 Å². The predicted molar refractivity (Wildman–Crippen MR) is 100 cm³/mol. The summed E-state index contributed by atoms with van der Waals surface area (Å²) >= 11 is 1.02. The molecular weight excluding hydrogens is 428 g/mol. The molecule has 2 N–H and O–H groups in total. The Bertz CT molecular complexity index is 1080. The zero-order valence-corrected chi connectivity index (χ0v) is 15.9. The Hall–Kier alpha value is -3.12. The highest BCUT2D eigenvalue weighted by Gasteiger charge is 2.30. The van der Waals surface area contributed by atoms with E-state index in [-0.39, 0.29) is 16.9 Å². The zero-order valence-electron chi connectivity index (χ0n) is 15.1. The van der Waals surface area contributed by atoms with Crippen molar-refractivity contribution in [2.75, 3.05) is 13.3 Å². The smallest absolute Gasteiger partial charge is 0.394 e. The van der Waals surface area contributed by atoms with Crippen LogP contribution >= 0.6 is 11.5 Å². The first kappa shape index (κ1) is 21.6. The summed E-state index contributed by atoms with van der Waals surface area (Å²) in [5.74, 6) is -0.954. The molecule has 0 aliphatic carbocycles. The van der Waals surface area contributed by atoms with Crippen LogP contribution in [0.15, 0.2) is 46.7 Å². The van der Waals surface area contributed by atoms with Crippen molar-refractivity contribution in [3.63, 3.8) is 0 Å². The van der Waals surface area contributed by atoms with E-state index < -0.39 is 48.1 Å². The number of nitrogens with one attached hydrogen (secondary N) is 1. The van der Waals surface area contributed by atoms with Gasteiger partial charge >= 0.3 is 6.18 Å². The largest absolute Gasteiger partial charge is 0.416 e. The second kappa shape index (κ2) is 8.71. The normalized spacial score (nSPS) is 12.6. The quantitative estimate of drug-likeness (QED) is 0.572. The molecule has 2 heterocycles. The molecular formula is C18H14F4N4O3S. The second-order valence-corrected chi connectivity index (χ2v) is 6.78. The van der Waals surface area contributed by atoms with Gasteiger partial charge in [-0.3, -0.25) is 9.59 Å². The Labute approximate surface area is 170 Å². The Morgan fingerprint density at radius 1 is 1.27 bits per heavy atom. The summed E-state index contributed by atoms with van der Waals surface area (Å²) in [5, 5.41) is 16.9. The molecule has 0 saturated carbocycles. The first-order chi connectivity index (χ1) is 14.2. The first-order valence-electron chi connectivity index (χ1n) is 8.44. The summed E-state index contributed by atoms with van der Waals surface area (Å²) in [6.07, 6.45) is -3.20. The van der Waals surface area contributed by atoms with Gasteiger partial charge in [-0.05, 0) is 29.7 Å². The Kier molecular flexibility index (Phi) is 6.27. The van der Waals surface area contributed by atoms with Gasteiger partial charge in [0, 0.05) is 10.9 Å². The number of aromatic nitrogens is 3. The summed E-state index contributed by atoms with van der Waals surface area (Å²) in [7, 11) is 0. The molecule has 0 spiro atoms. The van der Waals surface area contributed by atoms with Crippen LogP contribution in [0.4, 0.5) is 17.6 Å². The Morgan fingerprint density at radius 3 is 2.50 bits per heavy atom. The lowest BCUT2D eigenvalue weighted by molar-refractivity contribution is -0.137. The van der Waals surface area contributed by atoms with Crippen molar-refractivity contribution in [3.05, 3.63) is 63.4 Å². The molecule has 30 heavy (non-hydrogen) atoms. The van der Waals surface area contributed by atoms with Crippen LogP contribution in [0.2, 0.25) is 0 Å². The molecule has 7 nitrogen and oxygen atoms in total. The number of nitrogens with zero attached hydrogens (tertiary/aromatic N) is 3. The Balaban J connectivity index is 2.11. The number of amides is 1. The third kappa shape index (κ3) is 4.54. The van der Waals surface area contributed by atoms with Crippen molar-refractivity contribution < 1.29 is 27.5 Å². The average molecular weight is 442 g/mol. The SMILES string of the molecule is O=C(NC(CO)CF)c1cc(-c2ccc(C(F)(F)F)cc2)nn(-c2cnsc2)c1=O. The average Bonchev–Trinajstić information content (AvgIpc) is 3.26. The van der Waals surface area contributed by atoms with Gasteiger partial charge in [0.25, 0.3) is 11.5 Å². The molecule has 1 unspecified atom stereocenters. The lowest BCUT2D eigenvalue weighted by Gasteiger charge is -2.14. The van der Waals surface area contributed by atoms with Gasteiger partial charge in [-0.15, -0.1) is 0 Å². The molecule has 2 aromatic heterocycles. The number of rotatable bonds is 6. The topological polar surface area (TPSA) is 97.1 Å². The number of alkyl halides is 4. The maximum absolute atomic E-state index is 12.8. The van der Waals surface area contributed by atoms with Gasteiger partial charge in [0.15, 0.2) is 0 Å². The molecule has 3 aromatic rings. The van der Waals surface area contributed by atoms with Crippen LogP contribution < -0.4 is 10.9 Å². The molecule has 1 amide bonds. The first-order valence-corrected chi connectivity index (χ1v) is 9.27. The number of hydrogen-bond acceptors (Lipinski definition) is 6. The molecule has 12 heteroatoms. The molecule has 1 atom stereocenters. The van der Waals surface area contributed by atoms with Crippen molar-refractivity contribution in [3.8, 4) is 16.9 Å². The summed E-state index contributed by atoms with van der Waals surface area (Å²) in [4.78, 5) is 25.2. The molecule has 0 bridgehead atoms. The van der Waals surface area contributed by atoms with E-state index in [4.69, 9.17) is 5.11 Å². The predicted octanol–water partition coefficient (Wildman–Crippen LogP) is 2.43. The second-order valence-electron chi connectivity index (χ2n) is 6.13. The molecule has 0 saturated heterocycles. The van der Waals surface area contributed by atoms with Crippen LogP contribution in [0.3, 0.4) is 0 Å². The van der Waals surface area contributed by atoms with Crippen molar-refractivity contribution >= 4 is 17.4 Å². The summed E-state index contributed by atoms with van der Waals surface area (Å²) < 4.78 is 56.0. The number of halogens is 4. The highest BCUT2D eigenvalue weighted by Crippen LogP contribution is 2.30. The van der Waals surface area contributed by atoms with Crippen LogP contribution in [0, 0.1) is 0 Å². The number of benzene rings is 1. The van der Waals surface area contributed by atoms with E-state index in [9.17, 15) is 27.2 Å². The molecule has 0 aliphatic rings. The molecule has 0 radical (unpaired) electrons. The minimum atomic E-state index is -4.52. The van der Waals surface area contributed by atoms with Crippen LogP contribution in [0.25, 0.3) is 16.9 Å². The monoisotopic (exact) mass is 442 g/mol. The van der Waals surface area contributed by atoms with Gasteiger partial charge in [-0.25, -0.2) is 4.39 Å². The van der Waals surface area contributed by atoms with E-state index >= 15 is 0 Å². The number of carbonyl (C=O) groups is 1. The third-order valence-corrected chi connectivity index (χ3v) is 4.64. The van der Waals surface area contributed by atoms with Gasteiger partial charge in [0.05, 0.1) is 35.8 Å². The van der Waals surface area contributed by atoms with Gasteiger partial charge < -0.3 is 10.4 Å². The maximum atomic E-state index is 12.8. The maximum Gasteiger partial charge on any atom is 0.416 e. The highest BCUT2D eigenvalue weighted by molar-refractivity contribution is 7.03. The van der Waals surface area contributed by atoms with Crippen LogP contribution in [-0.2, 0) is 6.18 Å². The lowest BCUT2D eigenvalue weighted by atomic mass is 10.1. The number of aliphatic hydroxyl groups is 1. The zero-order chi connectivity index (χ0) is 21.9. The van der Waals surface area contributed by atoms with Crippen LogP contribution in [0.5, 0.6) is 0 Å². The van der Waals surface area contributed by atoms with Gasteiger partial charge in [0.1, 0.15) is 12.2 Å². The van der Waals surface area contributed by atoms with Crippen LogP contribution in [0.1, 0.15) is 15.9 Å². The summed E-state index contributed by atoms with van der Waals surface area (Å²) in [6, 6.07) is 3.91. The fraction of sp³-hybridized carbons (Fsp3) is 0.222. The highest BCUT2D eigenvalue weighted by atomic mass is 32.1. The number of carbonyl (C=O) groups excluding carboxylic acids is 1. The van der Waals surface area contributed by atoms with E-state index in [1.165, 1.54) is 11.6 Å². The van der Waals surface area contributed by atoms with Crippen molar-refractivity contribution in [1.82, 2.24) is 19.5 Å². The lowest BCUT2D eigenvalue weighted by Crippen LogP contribution is -2.42. The van der Waals surface area contributed by atoms with Crippen molar-refractivity contribution in [2.45, 2.75) is 12.2 Å². The fourth-order valence-electron chi connectivity index (χ4n) is 2.50. The number of hydrogen-bond donors (Lipinski definition) is 2. The fourth-order valence-corrected chi connectivity index (χ4v) is 3.00. The molecule has 158 valence electrons. The van der Waals surface area contributed by atoms with Gasteiger partial charge in [-0.1, -0.05) is 12.1 Å². The minimum absolute atomic E-state index is 0.0421. The minimum Gasteiger partial charge on any atom is -0.394 e. The molecule has 1 aromatic carbocycles. The van der Waals surface area contributed by atoms with Crippen molar-refractivity contribution in [1.29, 1.82) is 0 Å². The van der Waals surface area contributed by atoms with E-state index in [1.54, 1.807) is 0 Å². The van der Waals surface area contributed by atoms with E-state index in [0.717, 1.165) is 46.5 Å². The van der Waals surface area contributed by atoms with Gasteiger partial charge in [0.2, 0.25) is 0 Å². The third-order valence-electron chi connectivity index (χ3n) is 4.07. The molecule has 3 rings (SSSR count). The van der Waals surface area contributed by atoms with Gasteiger partial charge in [-0.2, -0.15) is 27.3 Å². The molecule has 0 aliphatic heterocycles. The summed E-state index contributed by atoms with van der Waals surface area (Å²) in [6.45, 7) is -1.73. The molecule has 0 fully saturated rings. The number of aliphatic hydroxyl groups excluding tert-OH is 1. The van der Waals surface area contributed by atoms with E-state index in [1.807, 2.05) is 0 Å². The Morgan fingerprint density at radius 2 is 1.97 bits per heavy atom. The van der Waals surface area contributed by atoms with E-state index in [2.05, 4.69) is 14.8 Å². The standard InChI is InChI=1S/C18H14F4N4O3S/c19-6-12(8-27)24-16(28)14-5-15(10-1-3-11(4-2-10)18(20,21)22)25-26(17(14)29)13-7-23-30-9-13/h1-5,7,9,12,27H,6,8H2,(H,24,28).